The van der Waals surface area contributed by atoms with Gasteiger partial charge in [-0.15, -0.1) is 0 Å². The lowest BCUT2D eigenvalue weighted by Crippen LogP contribution is -2.35. The van der Waals surface area contributed by atoms with Crippen LogP contribution in [-0.2, 0) is 0 Å². The average Bonchev–Trinajstić information content (AvgIpc) is 2.19. The molecule has 0 saturated heterocycles. The Morgan fingerprint density at radius 3 is 1.47 bits per heavy atom. The fourth-order valence-electron chi connectivity index (χ4n) is 2.95. The van der Waals surface area contributed by atoms with E-state index in [9.17, 15) is 5.11 Å². The van der Waals surface area contributed by atoms with Crippen LogP contribution in [0.2, 0.25) is 0 Å². The van der Waals surface area contributed by atoms with Gasteiger partial charge in [0.25, 0.3) is 0 Å². The van der Waals surface area contributed by atoms with Crippen molar-refractivity contribution in [1.82, 2.24) is 0 Å². The van der Waals surface area contributed by atoms with E-state index in [1.165, 1.54) is 38.5 Å². The molecule has 0 saturated carbocycles. The van der Waals surface area contributed by atoms with Crippen molar-refractivity contribution in [2.24, 2.45) is 5.41 Å². The predicted molar refractivity (Wildman–Crippen MR) is 68.1 cm³/mol. The molecule has 0 bridgehead atoms. The second-order valence-electron chi connectivity index (χ2n) is 4.92. The van der Waals surface area contributed by atoms with E-state index in [1.807, 2.05) is 0 Å². The topological polar surface area (TPSA) is 20.2 Å². The molecule has 92 valence electrons. The zero-order valence-electron chi connectivity index (χ0n) is 11.2. The van der Waals surface area contributed by atoms with E-state index in [-0.39, 0.29) is 11.5 Å². The van der Waals surface area contributed by atoms with Crippen LogP contribution in [0.4, 0.5) is 0 Å². The molecule has 0 aliphatic rings. The van der Waals surface area contributed by atoms with Gasteiger partial charge in [-0.3, -0.25) is 0 Å². The van der Waals surface area contributed by atoms with Gasteiger partial charge in [0, 0.05) is 0 Å². The van der Waals surface area contributed by atoms with Crippen molar-refractivity contribution in [2.45, 2.75) is 85.2 Å². The number of hydrogen-bond donors (Lipinski definition) is 1. The normalized spacial score (nSPS) is 14.2. The first-order valence-electron chi connectivity index (χ1n) is 6.84. The minimum atomic E-state index is -0.0812. The highest BCUT2D eigenvalue weighted by Crippen LogP contribution is 2.40. The highest BCUT2D eigenvalue weighted by atomic mass is 16.3. The average molecular weight is 214 g/mol. The first-order chi connectivity index (χ1) is 7.16. The molecule has 1 atom stereocenters. The number of aliphatic hydroxyl groups excluding tert-OH is 1. The van der Waals surface area contributed by atoms with Crippen LogP contribution in [0.3, 0.4) is 0 Å². The summed E-state index contributed by atoms with van der Waals surface area (Å²) in [5.41, 5.74) is 0.217. The van der Waals surface area contributed by atoms with E-state index in [4.69, 9.17) is 0 Å². The fourth-order valence-corrected chi connectivity index (χ4v) is 2.95. The molecule has 0 aromatic heterocycles. The molecule has 0 amide bonds. The molecule has 0 aliphatic heterocycles. The zero-order valence-corrected chi connectivity index (χ0v) is 11.2. The van der Waals surface area contributed by atoms with E-state index in [2.05, 4.69) is 27.7 Å². The van der Waals surface area contributed by atoms with Crippen LogP contribution in [0, 0.1) is 5.41 Å². The van der Waals surface area contributed by atoms with Crippen LogP contribution in [0.5, 0.6) is 0 Å². The minimum Gasteiger partial charge on any atom is -0.393 e. The molecule has 0 aromatic carbocycles. The van der Waals surface area contributed by atoms with E-state index in [0.29, 0.717) is 0 Å². The van der Waals surface area contributed by atoms with E-state index >= 15 is 0 Å². The van der Waals surface area contributed by atoms with Crippen LogP contribution >= 0.6 is 0 Å². The van der Waals surface area contributed by atoms with Crippen LogP contribution in [0.1, 0.15) is 79.1 Å². The SMILES string of the molecule is CCCC(O)C(CCC)(CCC)CCC. The largest absolute Gasteiger partial charge is 0.393 e. The summed E-state index contributed by atoms with van der Waals surface area (Å²) in [5, 5.41) is 10.4. The van der Waals surface area contributed by atoms with Crippen molar-refractivity contribution in [3.05, 3.63) is 0 Å². The highest BCUT2D eigenvalue weighted by molar-refractivity contribution is 4.85. The second kappa shape index (κ2) is 8.15. The monoisotopic (exact) mass is 214 g/mol. The highest BCUT2D eigenvalue weighted by Gasteiger charge is 2.34. The summed E-state index contributed by atoms with van der Waals surface area (Å²) in [5.74, 6) is 0. The molecular weight excluding hydrogens is 184 g/mol. The Morgan fingerprint density at radius 1 is 0.800 bits per heavy atom. The summed E-state index contributed by atoms with van der Waals surface area (Å²) in [7, 11) is 0. The third-order valence-electron chi connectivity index (χ3n) is 3.51. The van der Waals surface area contributed by atoms with Crippen LogP contribution in [0.15, 0.2) is 0 Å². The molecular formula is C14H30O. The molecule has 1 unspecified atom stereocenters. The number of rotatable bonds is 9. The summed E-state index contributed by atoms with van der Waals surface area (Å²) in [6.45, 7) is 8.87. The summed E-state index contributed by atoms with van der Waals surface area (Å²) in [6.07, 6.45) is 9.14. The molecule has 0 rings (SSSR count). The second-order valence-corrected chi connectivity index (χ2v) is 4.92. The standard InChI is InChI=1S/C14H30O/c1-5-9-13(15)14(10-6-2,11-7-3)12-8-4/h13,15H,5-12H2,1-4H3. The van der Waals surface area contributed by atoms with Gasteiger partial charge in [0.1, 0.15) is 0 Å². The molecule has 0 aliphatic carbocycles. The molecule has 1 heteroatoms. The van der Waals surface area contributed by atoms with Crippen molar-refractivity contribution in [1.29, 1.82) is 0 Å². The zero-order chi connectivity index (χ0) is 11.7. The Morgan fingerprint density at radius 2 is 1.20 bits per heavy atom. The van der Waals surface area contributed by atoms with Gasteiger partial charge in [-0.2, -0.15) is 0 Å². The van der Waals surface area contributed by atoms with Gasteiger partial charge >= 0.3 is 0 Å². The first-order valence-corrected chi connectivity index (χ1v) is 6.84. The van der Waals surface area contributed by atoms with Gasteiger partial charge in [0.05, 0.1) is 6.10 Å². The van der Waals surface area contributed by atoms with Crippen LogP contribution in [-0.4, -0.2) is 11.2 Å². The van der Waals surface area contributed by atoms with Crippen LogP contribution in [0.25, 0.3) is 0 Å². The fraction of sp³-hybridized carbons (Fsp3) is 1.00. The third-order valence-corrected chi connectivity index (χ3v) is 3.51. The van der Waals surface area contributed by atoms with E-state index in [1.54, 1.807) is 0 Å². The van der Waals surface area contributed by atoms with Crippen molar-refractivity contribution in [3.8, 4) is 0 Å². The molecule has 0 spiro atoms. The lowest BCUT2D eigenvalue weighted by molar-refractivity contribution is -0.00405. The maximum atomic E-state index is 10.4. The maximum absolute atomic E-state index is 10.4. The summed E-state index contributed by atoms with van der Waals surface area (Å²) in [6, 6.07) is 0. The maximum Gasteiger partial charge on any atom is 0.0596 e. The molecule has 15 heavy (non-hydrogen) atoms. The Labute approximate surface area is 96.3 Å². The quantitative estimate of drug-likeness (QED) is 0.597. The van der Waals surface area contributed by atoms with Crippen molar-refractivity contribution < 1.29 is 5.11 Å². The third kappa shape index (κ3) is 4.55. The molecule has 0 heterocycles. The smallest absolute Gasteiger partial charge is 0.0596 e. The summed E-state index contributed by atoms with van der Waals surface area (Å²) >= 11 is 0. The van der Waals surface area contributed by atoms with Gasteiger partial charge < -0.3 is 5.11 Å². The number of aliphatic hydroxyl groups is 1. The summed E-state index contributed by atoms with van der Waals surface area (Å²) in [4.78, 5) is 0. The Balaban J connectivity index is 4.57. The van der Waals surface area contributed by atoms with E-state index < -0.39 is 0 Å². The van der Waals surface area contributed by atoms with Gasteiger partial charge in [-0.1, -0.05) is 53.4 Å². The molecule has 0 radical (unpaired) electrons. The molecule has 0 aromatic rings. The van der Waals surface area contributed by atoms with Gasteiger partial charge in [-0.25, -0.2) is 0 Å². The lowest BCUT2D eigenvalue weighted by atomic mass is 9.70. The van der Waals surface area contributed by atoms with Crippen molar-refractivity contribution in [2.75, 3.05) is 0 Å². The van der Waals surface area contributed by atoms with Crippen LogP contribution < -0.4 is 0 Å². The van der Waals surface area contributed by atoms with Gasteiger partial charge in [0.15, 0.2) is 0 Å². The summed E-state index contributed by atoms with van der Waals surface area (Å²) < 4.78 is 0. The first kappa shape index (κ1) is 15.0. The van der Waals surface area contributed by atoms with Gasteiger partial charge in [-0.05, 0) is 31.1 Å². The molecule has 1 N–H and O–H groups in total. The Hall–Kier alpha value is -0.0400. The van der Waals surface area contributed by atoms with Crippen molar-refractivity contribution >= 4 is 0 Å². The molecule has 0 fully saturated rings. The Kier molecular flexibility index (Phi) is 8.13. The predicted octanol–water partition coefficient (Wildman–Crippen LogP) is 4.53. The molecule has 1 nitrogen and oxygen atoms in total. The minimum absolute atomic E-state index is 0.0812. The Bertz CT molecular complexity index is 125. The number of hydrogen-bond acceptors (Lipinski definition) is 1. The van der Waals surface area contributed by atoms with E-state index in [0.717, 1.165) is 12.8 Å². The lowest BCUT2D eigenvalue weighted by Gasteiger charge is -2.38. The van der Waals surface area contributed by atoms with Gasteiger partial charge in [0.2, 0.25) is 0 Å². The van der Waals surface area contributed by atoms with Crippen molar-refractivity contribution in [3.63, 3.8) is 0 Å².